The first-order valence-corrected chi connectivity index (χ1v) is 9.99. The Morgan fingerprint density at radius 2 is 1.72 bits per heavy atom. The number of thioether (sulfide) groups is 1. The number of nitrogens with one attached hydrogen (secondary N) is 1. The molecule has 1 unspecified atom stereocenters. The summed E-state index contributed by atoms with van der Waals surface area (Å²) in [5, 5.41) is 13.1. The number of anilines is 2. The molecular formula is C20H17N3O5S. The number of rotatable bonds is 6. The number of non-ortho nitro benzene ring substituents is 1. The number of hydrogen-bond donors (Lipinski definition) is 1. The number of hydrogen-bond acceptors (Lipinski definition) is 6. The van der Waals surface area contributed by atoms with Crippen molar-refractivity contribution in [2.24, 2.45) is 5.92 Å². The molecule has 1 N–H and O–H groups in total. The van der Waals surface area contributed by atoms with E-state index in [1.54, 1.807) is 24.3 Å². The Morgan fingerprint density at radius 1 is 1.07 bits per heavy atom. The van der Waals surface area contributed by atoms with Gasteiger partial charge in [0.15, 0.2) is 0 Å². The zero-order valence-electron chi connectivity index (χ0n) is 15.2. The topological polar surface area (TPSA) is 110 Å². The van der Waals surface area contributed by atoms with E-state index in [2.05, 4.69) is 5.32 Å². The maximum Gasteiger partial charge on any atom is 0.269 e. The normalized spacial score (nSPS) is 18.8. The molecule has 1 aliphatic carbocycles. The van der Waals surface area contributed by atoms with Gasteiger partial charge in [-0.1, -0.05) is 0 Å². The highest BCUT2D eigenvalue weighted by Crippen LogP contribution is 2.35. The molecule has 2 aliphatic rings. The monoisotopic (exact) mass is 411 g/mol. The van der Waals surface area contributed by atoms with E-state index in [0.29, 0.717) is 11.4 Å². The van der Waals surface area contributed by atoms with Gasteiger partial charge in [0.1, 0.15) is 0 Å². The summed E-state index contributed by atoms with van der Waals surface area (Å²) in [4.78, 5) is 49.0. The van der Waals surface area contributed by atoms with Gasteiger partial charge in [-0.3, -0.25) is 24.5 Å². The fraction of sp³-hybridized carbons (Fsp3) is 0.250. The molecule has 2 fully saturated rings. The molecular weight excluding hydrogens is 394 g/mol. The number of imide groups is 1. The van der Waals surface area contributed by atoms with Crippen molar-refractivity contribution >= 4 is 46.5 Å². The summed E-state index contributed by atoms with van der Waals surface area (Å²) >= 11 is 1.28. The lowest BCUT2D eigenvalue weighted by Crippen LogP contribution is -2.31. The van der Waals surface area contributed by atoms with E-state index in [0.717, 1.165) is 22.6 Å². The zero-order chi connectivity index (χ0) is 20.5. The molecule has 1 saturated heterocycles. The Balaban J connectivity index is 1.42. The third-order valence-corrected chi connectivity index (χ3v) is 5.97. The smallest absolute Gasteiger partial charge is 0.269 e. The van der Waals surface area contributed by atoms with Gasteiger partial charge in [0.2, 0.25) is 17.7 Å². The number of carbonyl (C=O) groups excluding carboxylic acids is 3. The van der Waals surface area contributed by atoms with Crippen LogP contribution in [0.1, 0.15) is 19.3 Å². The minimum atomic E-state index is -0.565. The maximum atomic E-state index is 12.7. The van der Waals surface area contributed by atoms with Crippen molar-refractivity contribution in [3.8, 4) is 0 Å². The van der Waals surface area contributed by atoms with Crippen LogP contribution in [0.25, 0.3) is 0 Å². The lowest BCUT2D eigenvalue weighted by molar-refractivity contribution is -0.384. The van der Waals surface area contributed by atoms with E-state index < -0.39 is 10.2 Å². The lowest BCUT2D eigenvalue weighted by atomic mass is 10.2. The van der Waals surface area contributed by atoms with Gasteiger partial charge in [0.05, 0.1) is 15.9 Å². The molecule has 2 aromatic rings. The Bertz CT molecular complexity index is 986. The van der Waals surface area contributed by atoms with Crippen molar-refractivity contribution in [3.63, 3.8) is 0 Å². The Kier molecular flexibility index (Phi) is 5.06. The highest BCUT2D eigenvalue weighted by molar-refractivity contribution is 8.00. The molecule has 1 atom stereocenters. The van der Waals surface area contributed by atoms with Crippen LogP contribution < -0.4 is 10.2 Å². The summed E-state index contributed by atoms with van der Waals surface area (Å²) in [6.45, 7) is 0. The number of carbonyl (C=O) groups is 3. The second-order valence-electron chi connectivity index (χ2n) is 6.94. The number of amides is 3. The minimum Gasteiger partial charge on any atom is -0.326 e. The first-order valence-electron chi connectivity index (χ1n) is 9.11. The highest BCUT2D eigenvalue weighted by atomic mass is 32.2. The third kappa shape index (κ3) is 4.14. The van der Waals surface area contributed by atoms with Gasteiger partial charge in [-0.25, -0.2) is 4.90 Å². The molecule has 29 heavy (non-hydrogen) atoms. The van der Waals surface area contributed by atoms with Crippen molar-refractivity contribution in [2.45, 2.75) is 29.4 Å². The van der Waals surface area contributed by atoms with E-state index in [1.807, 2.05) is 0 Å². The molecule has 4 rings (SSSR count). The van der Waals surface area contributed by atoms with Gasteiger partial charge in [0.25, 0.3) is 5.69 Å². The van der Waals surface area contributed by atoms with Crippen LogP contribution in [0.2, 0.25) is 0 Å². The van der Waals surface area contributed by atoms with Gasteiger partial charge in [-0.05, 0) is 49.2 Å². The Labute approximate surface area is 170 Å². The van der Waals surface area contributed by atoms with Crippen LogP contribution in [-0.2, 0) is 14.4 Å². The Morgan fingerprint density at radius 3 is 2.31 bits per heavy atom. The number of benzene rings is 2. The summed E-state index contributed by atoms with van der Waals surface area (Å²) in [6.07, 6.45) is 1.92. The summed E-state index contributed by atoms with van der Waals surface area (Å²) in [7, 11) is 0. The number of nitro groups is 1. The molecule has 1 aliphatic heterocycles. The summed E-state index contributed by atoms with van der Waals surface area (Å²) in [5.74, 6) is -0.535. The van der Waals surface area contributed by atoms with Crippen LogP contribution in [0.4, 0.5) is 17.1 Å². The van der Waals surface area contributed by atoms with Gasteiger partial charge in [0, 0.05) is 35.1 Å². The van der Waals surface area contributed by atoms with E-state index in [4.69, 9.17) is 0 Å². The quantitative estimate of drug-likeness (QED) is 0.443. The summed E-state index contributed by atoms with van der Waals surface area (Å²) < 4.78 is 0. The summed E-state index contributed by atoms with van der Waals surface area (Å²) in [6, 6.07) is 12.5. The summed E-state index contributed by atoms with van der Waals surface area (Å²) in [5.41, 5.74) is 0.923. The van der Waals surface area contributed by atoms with E-state index in [1.165, 1.54) is 36.0 Å². The van der Waals surface area contributed by atoms with Crippen molar-refractivity contribution in [2.75, 3.05) is 10.2 Å². The zero-order valence-corrected chi connectivity index (χ0v) is 16.1. The lowest BCUT2D eigenvalue weighted by Gasteiger charge is -2.14. The molecule has 148 valence electrons. The molecule has 0 aromatic heterocycles. The molecule has 0 spiro atoms. The number of nitro benzene ring substituents is 1. The molecule has 0 radical (unpaired) electrons. The standard InChI is InChI=1S/C20H17N3O5S/c24-18-11-17(20(26)22(18)14-5-7-15(8-6-14)23(27)28)29-16-9-3-13(4-10-16)21-19(25)12-1-2-12/h3-10,12,17H,1-2,11H2,(H,21,25). The van der Waals surface area contributed by atoms with E-state index in [-0.39, 0.29) is 35.7 Å². The maximum absolute atomic E-state index is 12.7. The average molecular weight is 411 g/mol. The second-order valence-corrected chi connectivity index (χ2v) is 8.22. The van der Waals surface area contributed by atoms with Crippen LogP contribution in [0.15, 0.2) is 53.4 Å². The third-order valence-electron chi connectivity index (χ3n) is 4.77. The Hall–Kier alpha value is -3.20. The first-order chi connectivity index (χ1) is 13.9. The predicted octanol–water partition coefficient (Wildman–Crippen LogP) is 3.37. The molecule has 3 amide bonds. The first kappa shape index (κ1) is 19.1. The van der Waals surface area contributed by atoms with Gasteiger partial charge in [-0.15, -0.1) is 11.8 Å². The van der Waals surface area contributed by atoms with Crippen LogP contribution in [0, 0.1) is 16.0 Å². The predicted molar refractivity (Wildman–Crippen MR) is 108 cm³/mol. The molecule has 9 heteroatoms. The molecule has 8 nitrogen and oxygen atoms in total. The largest absolute Gasteiger partial charge is 0.326 e. The van der Waals surface area contributed by atoms with Gasteiger partial charge < -0.3 is 5.32 Å². The average Bonchev–Trinajstić information content (AvgIpc) is 3.51. The molecule has 0 bridgehead atoms. The van der Waals surface area contributed by atoms with Crippen molar-refractivity contribution in [1.29, 1.82) is 0 Å². The molecule has 1 heterocycles. The van der Waals surface area contributed by atoms with Crippen LogP contribution in [0.3, 0.4) is 0 Å². The highest BCUT2D eigenvalue weighted by Gasteiger charge is 2.40. The van der Waals surface area contributed by atoms with Crippen molar-refractivity contribution in [1.82, 2.24) is 0 Å². The van der Waals surface area contributed by atoms with E-state index in [9.17, 15) is 24.5 Å². The van der Waals surface area contributed by atoms with Crippen molar-refractivity contribution < 1.29 is 19.3 Å². The fourth-order valence-corrected chi connectivity index (χ4v) is 4.12. The van der Waals surface area contributed by atoms with Crippen LogP contribution in [-0.4, -0.2) is 27.9 Å². The number of nitrogens with zero attached hydrogens (tertiary/aromatic N) is 2. The van der Waals surface area contributed by atoms with E-state index >= 15 is 0 Å². The van der Waals surface area contributed by atoms with Crippen molar-refractivity contribution in [3.05, 3.63) is 58.6 Å². The molecule has 2 aromatic carbocycles. The second kappa shape index (κ2) is 7.67. The van der Waals surface area contributed by atoms with Gasteiger partial charge in [-0.2, -0.15) is 0 Å². The van der Waals surface area contributed by atoms with Crippen LogP contribution >= 0.6 is 11.8 Å². The van der Waals surface area contributed by atoms with Crippen LogP contribution in [0.5, 0.6) is 0 Å². The SMILES string of the molecule is O=C(Nc1ccc(SC2CC(=O)N(c3ccc([N+](=O)[O-])cc3)C2=O)cc1)C1CC1. The van der Waals surface area contributed by atoms with Gasteiger partial charge >= 0.3 is 0 Å². The molecule has 1 saturated carbocycles. The minimum absolute atomic E-state index is 0.0284. The fourth-order valence-electron chi connectivity index (χ4n) is 3.06.